The van der Waals surface area contributed by atoms with E-state index in [1.165, 1.54) is 0 Å². The summed E-state index contributed by atoms with van der Waals surface area (Å²) >= 11 is 0. The number of urea groups is 1. The number of amides is 2. The molecular formula is C17H27N3O2. The summed E-state index contributed by atoms with van der Waals surface area (Å²) < 4.78 is 0. The van der Waals surface area contributed by atoms with Gasteiger partial charge in [0.25, 0.3) is 0 Å². The van der Waals surface area contributed by atoms with Crippen molar-refractivity contribution >= 4 is 6.03 Å². The number of aromatic nitrogens is 1. The molecular weight excluding hydrogens is 278 g/mol. The Morgan fingerprint density at radius 2 is 2.23 bits per heavy atom. The van der Waals surface area contributed by atoms with Crippen LogP contribution in [-0.4, -0.2) is 34.8 Å². The Morgan fingerprint density at radius 1 is 1.45 bits per heavy atom. The van der Waals surface area contributed by atoms with Gasteiger partial charge in [0.2, 0.25) is 0 Å². The SMILES string of the molecule is CC(C)[C@@H](CNC(=O)NC1(CCO)CCC1)c1cccnc1. The van der Waals surface area contributed by atoms with Crippen LogP contribution < -0.4 is 10.6 Å². The van der Waals surface area contributed by atoms with E-state index in [0.717, 1.165) is 24.8 Å². The summed E-state index contributed by atoms with van der Waals surface area (Å²) in [6.45, 7) is 5.00. The van der Waals surface area contributed by atoms with Crippen LogP contribution in [0, 0.1) is 5.92 Å². The summed E-state index contributed by atoms with van der Waals surface area (Å²) in [6, 6.07) is 3.84. The minimum absolute atomic E-state index is 0.116. The zero-order valence-electron chi connectivity index (χ0n) is 13.5. The van der Waals surface area contributed by atoms with Gasteiger partial charge in [0.15, 0.2) is 0 Å². The molecule has 1 aromatic rings. The molecule has 0 radical (unpaired) electrons. The second-order valence-electron chi connectivity index (χ2n) is 6.58. The van der Waals surface area contributed by atoms with Crippen LogP contribution in [0.2, 0.25) is 0 Å². The van der Waals surface area contributed by atoms with E-state index < -0.39 is 0 Å². The van der Waals surface area contributed by atoms with Gasteiger partial charge in [-0.05, 0) is 43.2 Å². The molecule has 1 saturated carbocycles. The quantitative estimate of drug-likeness (QED) is 0.724. The second-order valence-corrected chi connectivity index (χ2v) is 6.58. The smallest absolute Gasteiger partial charge is 0.315 e. The van der Waals surface area contributed by atoms with Crippen molar-refractivity contribution in [2.45, 2.75) is 51.0 Å². The molecule has 0 saturated heterocycles. The highest BCUT2D eigenvalue weighted by atomic mass is 16.3. The highest BCUT2D eigenvalue weighted by Gasteiger charge is 2.37. The molecule has 1 aliphatic rings. The number of nitrogens with zero attached hydrogens (tertiary/aromatic N) is 1. The molecule has 0 aliphatic heterocycles. The summed E-state index contributed by atoms with van der Waals surface area (Å²) in [5.74, 6) is 0.661. The number of nitrogens with one attached hydrogen (secondary N) is 2. The van der Waals surface area contributed by atoms with Crippen LogP contribution in [0.25, 0.3) is 0 Å². The molecule has 1 heterocycles. The summed E-state index contributed by atoms with van der Waals surface area (Å²) in [5, 5.41) is 15.2. The average molecular weight is 305 g/mol. The minimum atomic E-state index is -0.194. The van der Waals surface area contributed by atoms with Gasteiger partial charge in [-0.2, -0.15) is 0 Å². The molecule has 122 valence electrons. The molecule has 2 rings (SSSR count). The Kier molecular flexibility index (Phi) is 5.77. The molecule has 5 heteroatoms. The Hall–Kier alpha value is -1.62. The van der Waals surface area contributed by atoms with E-state index in [0.29, 0.717) is 18.9 Å². The molecule has 0 spiro atoms. The van der Waals surface area contributed by atoms with E-state index in [2.05, 4.69) is 35.5 Å². The van der Waals surface area contributed by atoms with Crippen molar-refractivity contribution in [3.05, 3.63) is 30.1 Å². The van der Waals surface area contributed by atoms with Crippen LogP contribution in [0.15, 0.2) is 24.5 Å². The van der Waals surface area contributed by atoms with E-state index in [9.17, 15) is 4.79 Å². The van der Waals surface area contributed by atoms with Crippen LogP contribution in [0.5, 0.6) is 0 Å². The van der Waals surface area contributed by atoms with E-state index >= 15 is 0 Å². The maximum Gasteiger partial charge on any atom is 0.315 e. The lowest BCUT2D eigenvalue weighted by Crippen LogP contribution is -2.57. The predicted octanol–water partition coefficient (Wildman–Crippen LogP) is 2.43. The van der Waals surface area contributed by atoms with Gasteiger partial charge >= 0.3 is 6.03 Å². The summed E-state index contributed by atoms with van der Waals surface area (Å²) in [5.41, 5.74) is 0.951. The third-order valence-corrected chi connectivity index (χ3v) is 4.68. The fraction of sp³-hybridized carbons (Fsp3) is 0.647. The van der Waals surface area contributed by atoms with Crippen LogP contribution in [0.1, 0.15) is 51.0 Å². The lowest BCUT2D eigenvalue weighted by Gasteiger charge is -2.42. The second kappa shape index (κ2) is 7.58. The lowest BCUT2D eigenvalue weighted by atomic mass is 9.74. The summed E-state index contributed by atoms with van der Waals surface area (Å²) in [7, 11) is 0. The molecule has 5 nitrogen and oxygen atoms in total. The van der Waals surface area contributed by atoms with E-state index in [1.807, 2.05) is 12.3 Å². The molecule has 1 aliphatic carbocycles. The van der Waals surface area contributed by atoms with Gasteiger partial charge in [-0.25, -0.2) is 4.79 Å². The highest BCUT2D eigenvalue weighted by Crippen LogP contribution is 2.34. The molecule has 22 heavy (non-hydrogen) atoms. The van der Waals surface area contributed by atoms with Crippen molar-refractivity contribution in [3.63, 3.8) is 0 Å². The van der Waals surface area contributed by atoms with Crippen molar-refractivity contribution in [1.29, 1.82) is 0 Å². The Balaban J connectivity index is 1.88. The standard InChI is InChI=1S/C17H27N3O2/c1-13(2)15(14-5-3-9-18-11-14)12-19-16(22)20-17(8-10-21)6-4-7-17/h3,5,9,11,13,15,21H,4,6-8,10,12H2,1-2H3,(H2,19,20,22)/t15-/m1/s1. The van der Waals surface area contributed by atoms with Crippen molar-refractivity contribution in [2.24, 2.45) is 5.92 Å². The molecule has 1 fully saturated rings. The number of hydrogen-bond donors (Lipinski definition) is 3. The molecule has 1 aromatic heterocycles. The largest absolute Gasteiger partial charge is 0.396 e. The fourth-order valence-electron chi connectivity index (χ4n) is 3.08. The number of aliphatic hydroxyl groups excluding tert-OH is 1. The molecule has 2 amide bonds. The van der Waals surface area contributed by atoms with Crippen LogP contribution in [-0.2, 0) is 0 Å². The minimum Gasteiger partial charge on any atom is -0.396 e. The van der Waals surface area contributed by atoms with Crippen LogP contribution >= 0.6 is 0 Å². The van der Waals surface area contributed by atoms with Gasteiger partial charge in [0.1, 0.15) is 0 Å². The monoisotopic (exact) mass is 305 g/mol. The Morgan fingerprint density at radius 3 is 2.73 bits per heavy atom. The van der Waals surface area contributed by atoms with Crippen molar-refractivity contribution < 1.29 is 9.90 Å². The van der Waals surface area contributed by atoms with Gasteiger partial charge in [0, 0.05) is 37.0 Å². The van der Waals surface area contributed by atoms with Gasteiger partial charge in [-0.3, -0.25) is 4.98 Å². The number of hydrogen-bond acceptors (Lipinski definition) is 3. The lowest BCUT2D eigenvalue weighted by molar-refractivity contribution is 0.135. The average Bonchev–Trinajstić information content (AvgIpc) is 2.46. The van der Waals surface area contributed by atoms with Crippen LogP contribution in [0.3, 0.4) is 0 Å². The maximum atomic E-state index is 12.2. The van der Waals surface area contributed by atoms with Crippen molar-refractivity contribution in [1.82, 2.24) is 15.6 Å². The topological polar surface area (TPSA) is 74.2 Å². The van der Waals surface area contributed by atoms with Gasteiger partial charge in [-0.1, -0.05) is 19.9 Å². The molecule has 1 atom stereocenters. The number of aliphatic hydroxyl groups is 1. The van der Waals surface area contributed by atoms with Gasteiger partial charge in [0.05, 0.1) is 0 Å². The first kappa shape index (κ1) is 16.7. The summed E-state index contributed by atoms with van der Waals surface area (Å²) in [4.78, 5) is 16.3. The Labute approximate surface area is 132 Å². The normalized spacial score (nSPS) is 17.6. The zero-order chi connectivity index (χ0) is 16.0. The first-order valence-electron chi connectivity index (χ1n) is 8.13. The number of pyridine rings is 1. The first-order valence-corrected chi connectivity index (χ1v) is 8.13. The zero-order valence-corrected chi connectivity index (χ0v) is 13.5. The van der Waals surface area contributed by atoms with Crippen molar-refractivity contribution in [3.8, 4) is 0 Å². The Bertz CT molecular complexity index is 472. The summed E-state index contributed by atoms with van der Waals surface area (Å²) in [6.07, 6.45) is 7.29. The maximum absolute atomic E-state index is 12.2. The molecule has 3 N–H and O–H groups in total. The third-order valence-electron chi connectivity index (χ3n) is 4.68. The highest BCUT2D eigenvalue weighted by molar-refractivity contribution is 5.75. The van der Waals surface area contributed by atoms with E-state index in [4.69, 9.17) is 5.11 Å². The van der Waals surface area contributed by atoms with Crippen molar-refractivity contribution in [2.75, 3.05) is 13.2 Å². The van der Waals surface area contributed by atoms with E-state index in [1.54, 1.807) is 6.20 Å². The number of carbonyl (C=O) groups excluding carboxylic acids is 1. The van der Waals surface area contributed by atoms with Crippen LogP contribution in [0.4, 0.5) is 4.79 Å². The number of rotatable bonds is 7. The van der Waals surface area contributed by atoms with E-state index in [-0.39, 0.29) is 24.1 Å². The molecule has 0 bridgehead atoms. The fourth-order valence-corrected chi connectivity index (χ4v) is 3.08. The third kappa shape index (κ3) is 4.19. The molecule has 0 aromatic carbocycles. The van der Waals surface area contributed by atoms with Gasteiger partial charge < -0.3 is 15.7 Å². The number of carbonyl (C=O) groups is 1. The first-order chi connectivity index (χ1) is 10.6. The molecule has 0 unspecified atom stereocenters. The van der Waals surface area contributed by atoms with Gasteiger partial charge in [-0.15, -0.1) is 0 Å². The predicted molar refractivity (Wildman–Crippen MR) is 86.6 cm³/mol.